The summed E-state index contributed by atoms with van der Waals surface area (Å²) in [7, 11) is 0. The van der Waals surface area contributed by atoms with E-state index in [4.69, 9.17) is 8.83 Å². The van der Waals surface area contributed by atoms with Gasteiger partial charge in [0, 0.05) is 16.5 Å². The van der Waals surface area contributed by atoms with Crippen LogP contribution in [0.15, 0.2) is 82.0 Å². The predicted molar refractivity (Wildman–Crippen MR) is 146 cm³/mol. The number of fused-ring (bicyclic) bond motifs is 3. The van der Waals surface area contributed by atoms with Gasteiger partial charge in [0.15, 0.2) is 0 Å². The largest absolute Gasteiger partial charge is 0.464 e. The zero-order valence-corrected chi connectivity index (χ0v) is 21.3. The number of hydrogen-bond donors (Lipinski definition) is 0. The summed E-state index contributed by atoms with van der Waals surface area (Å²) in [5.41, 5.74) is 8.17. The molecule has 0 aliphatic heterocycles. The molecule has 0 amide bonds. The highest BCUT2D eigenvalue weighted by atomic mass is 16.3. The molecule has 2 nitrogen and oxygen atoms in total. The van der Waals surface area contributed by atoms with Gasteiger partial charge in [-0.05, 0) is 71.5 Å². The van der Waals surface area contributed by atoms with Crippen molar-refractivity contribution in [1.82, 2.24) is 0 Å². The fourth-order valence-corrected chi connectivity index (χ4v) is 6.06. The van der Waals surface area contributed by atoms with Crippen molar-refractivity contribution in [3.63, 3.8) is 0 Å². The Morgan fingerprint density at radius 3 is 1.46 bits per heavy atom. The lowest BCUT2D eigenvalue weighted by molar-refractivity contribution is 0.401. The van der Waals surface area contributed by atoms with Gasteiger partial charge in [-0.25, -0.2) is 0 Å². The topological polar surface area (TPSA) is 26.3 Å². The van der Waals surface area contributed by atoms with Crippen LogP contribution >= 0.6 is 0 Å². The number of rotatable bonds is 12. The molecule has 5 rings (SSSR count). The van der Waals surface area contributed by atoms with Crippen LogP contribution in [-0.2, 0) is 5.41 Å². The fraction of sp³-hybridized carbons (Fsp3) is 0.394. The Hall–Kier alpha value is -3.00. The highest BCUT2D eigenvalue weighted by Gasteiger charge is 2.42. The predicted octanol–water partition coefficient (Wildman–Crippen LogP) is 10.4. The summed E-state index contributed by atoms with van der Waals surface area (Å²) < 4.78 is 11.6. The molecule has 0 fully saturated rings. The maximum atomic E-state index is 5.81. The highest BCUT2D eigenvalue weighted by molar-refractivity contribution is 5.85. The lowest BCUT2D eigenvalue weighted by atomic mass is 9.70. The Labute approximate surface area is 210 Å². The monoisotopic (exact) mass is 466 g/mol. The summed E-state index contributed by atoms with van der Waals surface area (Å²) in [4.78, 5) is 0. The first kappa shape index (κ1) is 23.7. The van der Waals surface area contributed by atoms with E-state index in [1.807, 2.05) is 12.1 Å². The molecule has 0 saturated carbocycles. The van der Waals surface area contributed by atoms with Gasteiger partial charge in [0.1, 0.15) is 11.5 Å². The molecule has 0 atom stereocenters. The second-order valence-electron chi connectivity index (χ2n) is 10.2. The van der Waals surface area contributed by atoms with Gasteiger partial charge in [-0.1, -0.05) is 89.5 Å². The van der Waals surface area contributed by atoms with Gasteiger partial charge in [0.2, 0.25) is 0 Å². The molecule has 182 valence electrons. The summed E-state index contributed by atoms with van der Waals surface area (Å²) in [5, 5.41) is 0. The second-order valence-corrected chi connectivity index (χ2v) is 10.2. The molecule has 1 aliphatic carbocycles. The minimum Gasteiger partial charge on any atom is -0.464 e. The van der Waals surface area contributed by atoms with Gasteiger partial charge in [-0.15, -0.1) is 0 Å². The van der Waals surface area contributed by atoms with Crippen molar-refractivity contribution in [3.8, 4) is 33.8 Å². The van der Waals surface area contributed by atoms with Gasteiger partial charge < -0.3 is 8.83 Å². The van der Waals surface area contributed by atoms with Crippen molar-refractivity contribution in [2.24, 2.45) is 0 Å². The molecule has 2 aromatic carbocycles. The molecule has 0 saturated heterocycles. The Morgan fingerprint density at radius 1 is 0.571 bits per heavy atom. The molecular weight excluding hydrogens is 428 g/mol. The van der Waals surface area contributed by atoms with Crippen molar-refractivity contribution >= 4 is 0 Å². The van der Waals surface area contributed by atoms with E-state index in [-0.39, 0.29) is 5.41 Å². The normalized spacial score (nSPS) is 13.7. The van der Waals surface area contributed by atoms with Crippen LogP contribution in [0.4, 0.5) is 0 Å². The third kappa shape index (κ3) is 4.63. The highest BCUT2D eigenvalue weighted by Crippen LogP contribution is 2.55. The zero-order valence-electron chi connectivity index (χ0n) is 21.3. The Bertz CT molecular complexity index is 1120. The van der Waals surface area contributed by atoms with E-state index in [9.17, 15) is 0 Å². The van der Waals surface area contributed by atoms with E-state index in [0.29, 0.717) is 0 Å². The third-order valence-corrected chi connectivity index (χ3v) is 7.89. The quantitative estimate of drug-likeness (QED) is 0.194. The number of unbranched alkanes of at least 4 members (excludes halogenated alkanes) is 6. The van der Waals surface area contributed by atoms with E-state index < -0.39 is 0 Å². The average Bonchev–Trinajstić information content (AvgIpc) is 3.66. The minimum absolute atomic E-state index is 0.0390. The minimum atomic E-state index is 0.0390. The van der Waals surface area contributed by atoms with Crippen LogP contribution in [0.2, 0.25) is 0 Å². The van der Waals surface area contributed by atoms with Gasteiger partial charge >= 0.3 is 0 Å². The molecule has 0 spiro atoms. The van der Waals surface area contributed by atoms with Gasteiger partial charge in [0.25, 0.3) is 0 Å². The molecule has 2 heteroatoms. The molecule has 0 N–H and O–H groups in total. The average molecular weight is 467 g/mol. The van der Waals surface area contributed by atoms with Crippen LogP contribution in [0.3, 0.4) is 0 Å². The van der Waals surface area contributed by atoms with Crippen molar-refractivity contribution in [2.75, 3.05) is 0 Å². The summed E-state index contributed by atoms with van der Waals surface area (Å²) in [6, 6.07) is 22.1. The van der Waals surface area contributed by atoms with Crippen LogP contribution < -0.4 is 0 Å². The summed E-state index contributed by atoms with van der Waals surface area (Å²) in [6.07, 6.45) is 16.2. The molecule has 0 radical (unpaired) electrons. The van der Waals surface area contributed by atoms with Crippen LogP contribution in [0.25, 0.3) is 33.8 Å². The lowest BCUT2D eigenvalue weighted by Crippen LogP contribution is -2.25. The standard InChI is InChI=1S/C33H38O2/c1-3-5-7-9-19-33(20-10-8-6-4-2)29-23-25(31-13-11-21-34-31)15-17-27(29)28-18-16-26(24-30(28)33)32-14-12-22-35-32/h11-18,21-24H,3-10,19-20H2,1-2H3. The lowest BCUT2D eigenvalue weighted by Gasteiger charge is -2.33. The Balaban J connectivity index is 1.63. The molecule has 0 unspecified atom stereocenters. The molecule has 2 heterocycles. The van der Waals surface area contributed by atoms with Crippen LogP contribution in [0, 0.1) is 0 Å². The Morgan fingerprint density at radius 2 is 1.06 bits per heavy atom. The van der Waals surface area contributed by atoms with Crippen molar-refractivity contribution in [1.29, 1.82) is 0 Å². The first-order chi connectivity index (χ1) is 17.3. The zero-order chi connectivity index (χ0) is 24.1. The number of hydrogen-bond acceptors (Lipinski definition) is 2. The van der Waals surface area contributed by atoms with Crippen LogP contribution in [-0.4, -0.2) is 0 Å². The summed E-state index contributed by atoms with van der Waals surface area (Å²) in [5.74, 6) is 1.90. The summed E-state index contributed by atoms with van der Waals surface area (Å²) in [6.45, 7) is 4.60. The van der Waals surface area contributed by atoms with Crippen LogP contribution in [0.5, 0.6) is 0 Å². The van der Waals surface area contributed by atoms with Crippen LogP contribution in [0.1, 0.15) is 89.2 Å². The maximum Gasteiger partial charge on any atom is 0.133 e. The number of benzene rings is 2. The van der Waals surface area contributed by atoms with Gasteiger partial charge in [-0.3, -0.25) is 0 Å². The smallest absolute Gasteiger partial charge is 0.133 e. The third-order valence-electron chi connectivity index (χ3n) is 7.89. The van der Waals surface area contributed by atoms with Crippen molar-refractivity contribution in [3.05, 3.63) is 84.3 Å². The van der Waals surface area contributed by atoms with E-state index >= 15 is 0 Å². The van der Waals surface area contributed by atoms with E-state index in [2.05, 4.69) is 62.4 Å². The molecule has 4 aromatic rings. The SMILES string of the molecule is CCCCCCC1(CCCCCC)c2cc(-c3ccco3)ccc2-c2ccc(-c3ccco3)cc21. The molecular formula is C33H38O2. The van der Waals surface area contributed by atoms with E-state index in [0.717, 1.165) is 11.5 Å². The van der Waals surface area contributed by atoms with E-state index in [1.165, 1.54) is 97.6 Å². The van der Waals surface area contributed by atoms with Gasteiger partial charge in [-0.2, -0.15) is 0 Å². The maximum absolute atomic E-state index is 5.81. The van der Waals surface area contributed by atoms with Crippen molar-refractivity contribution in [2.45, 2.75) is 83.5 Å². The number of furan rings is 2. The summed E-state index contributed by atoms with van der Waals surface area (Å²) >= 11 is 0. The fourth-order valence-electron chi connectivity index (χ4n) is 6.06. The van der Waals surface area contributed by atoms with Crippen molar-refractivity contribution < 1.29 is 8.83 Å². The van der Waals surface area contributed by atoms with Gasteiger partial charge in [0.05, 0.1) is 12.5 Å². The Kier molecular flexibility index (Phi) is 7.27. The second kappa shape index (κ2) is 10.7. The molecule has 1 aliphatic rings. The van der Waals surface area contributed by atoms with E-state index in [1.54, 1.807) is 12.5 Å². The first-order valence-corrected chi connectivity index (χ1v) is 13.6. The molecule has 2 aromatic heterocycles. The first-order valence-electron chi connectivity index (χ1n) is 13.6. The molecule has 0 bridgehead atoms. The molecule has 35 heavy (non-hydrogen) atoms.